The van der Waals surface area contributed by atoms with E-state index in [0.717, 1.165) is 18.5 Å². The monoisotopic (exact) mass is 301 g/mol. The van der Waals surface area contributed by atoms with Crippen LogP contribution < -0.4 is 10.7 Å². The Labute approximate surface area is 127 Å². The minimum atomic E-state index is -0.344. The number of aromatic amines is 1. The van der Waals surface area contributed by atoms with Gasteiger partial charge in [-0.1, -0.05) is 0 Å². The third-order valence-corrected chi connectivity index (χ3v) is 3.95. The summed E-state index contributed by atoms with van der Waals surface area (Å²) in [5.41, 5.74) is 1.15. The molecule has 22 heavy (non-hydrogen) atoms. The Bertz CT molecular complexity index is 763. The molecule has 6 nitrogen and oxygen atoms in total. The second-order valence-corrected chi connectivity index (χ2v) is 5.60. The standard InChI is InChI=1S/C16H19N3O3/c1-3-22-11-6-10(7-11)19-16(21)13-8-17-15-12(14(13)20)5-4-9(2)18-15/h4-5,8,10-11H,3,6-7H2,1-2H3,(H,19,21)(H,17,18,20). The quantitative estimate of drug-likeness (QED) is 0.897. The lowest BCUT2D eigenvalue weighted by molar-refractivity contribution is -0.00863. The van der Waals surface area contributed by atoms with Crippen molar-refractivity contribution in [3.8, 4) is 0 Å². The molecule has 0 atom stereocenters. The predicted molar refractivity (Wildman–Crippen MR) is 83.0 cm³/mol. The Morgan fingerprint density at radius 2 is 2.23 bits per heavy atom. The number of rotatable bonds is 4. The molecule has 2 aromatic rings. The van der Waals surface area contributed by atoms with Gasteiger partial charge < -0.3 is 15.0 Å². The molecule has 0 aliphatic heterocycles. The highest BCUT2D eigenvalue weighted by molar-refractivity contribution is 5.96. The summed E-state index contributed by atoms with van der Waals surface area (Å²) in [6, 6.07) is 3.54. The normalized spacial score (nSPS) is 20.6. The van der Waals surface area contributed by atoms with E-state index in [1.54, 1.807) is 12.1 Å². The Kier molecular flexibility index (Phi) is 3.94. The third-order valence-electron chi connectivity index (χ3n) is 3.95. The smallest absolute Gasteiger partial charge is 0.256 e. The Hall–Kier alpha value is -2.21. The first kappa shape index (κ1) is 14.7. The lowest BCUT2D eigenvalue weighted by atomic mass is 9.89. The maximum absolute atomic E-state index is 12.4. The summed E-state index contributed by atoms with van der Waals surface area (Å²) >= 11 is 0. The molecule has 0 spiro atoms. The molecular formula is C16H19N3O3. The van der Waals surface area contributed by atoms with Crippen LogP contribution in [0.25, 0.3) is 11.0 Å². The number of fused-ring (bicyclic) bond motifs is 1. The zero-order valence-corrected chi connectivity index (χ0v) is 12.7. The highest BCUT2D eigenvalue weighted by Gasteiger charge is 2.31. The molecule has 2 aromatic heterocycles. The molecule has 3 rings (SSSR count). The molecule has 0 aromatic carbocycles. The predicted octanol–water partition coefficient (Wildman–Crippen LogP) is 1.53. The van der Waals surface area contributed by atoms with Gasteiger partial charge in [-0.05, 0) is 38.8 Å². The Morgan fingerprint density at radius 3 is 2.95 bits per heavy atom. The van der Waals surface area contributed by atoms with Crippen LogP contribution in [0.15, 0.2) is 23.1 Å². The average molecular weight is 301 g/mol. The van der Waals surface area contributed by atoms with E-state index in [0.29, 0.717) is 17.6 Å². The van der Waals surface area contributed by atoms with Crippen LogP contribution in [0.1, 0.15) is 35.8 Å². The number of carbonyl (C=O) groups is 1. The zero-order chi connectivity index (χ0) is 15.7. The van der Waals surface area contributed by atoms with Gasteiger partial charge in [-0.15, -0.1) is 0 Å². The minimum absolute atomic E-state index is 0.0790. The van der Waals surface area contributed by atoms with Crippen molar-refractivity contribution in [2.75, 3.05) is 6.61 Å². The number of carbonyl (C=O) groups excluding carboxylic acids is 1. The highest BCUT2D eigenvalue weighted by Crippen LogP contribution is 2.23. The number of hydrogen-bond acceptors (Lipinski definition) is 4. The van der Waals surface area contributed by atoms with Crippen molar-refractivity contribution in [3.05, 3.63) is 39.8 Å². The van der Waals surface area contributed by atoms with Crippen molar-refractivity contribution in [3.63, 3.8) is 0 Å². The molecule has 0 radical (unpaired) electrons. The number of amides is 1. The molecule has 1 aliphatic rings. The molecule has 1 amide bonds. The van der Waals surface area contributed by atoms with E-state index in [-0.39, 0.29) is 29.0 Å². The van der Waals surface area contributed by atoms with Crippen molar-refractivity contribution in [2.45, 2.75) is 38.8 Å². The summed E-state index contributed by atoms with van der Waals surface area (Å²) in [7, 11) is 0. The second kappa shape index (κ2) is 5.88. The van der Waals surface area contributed by atoms with E-state index >= 15 is 0 Å². The fourth-order valence-electron chi connectivity index (χ4n) is 2.69. The highest BCUT2D eigenvalue weighted by atomic mass is 16.5. The molecule has 6 heteroatoms. The number of nitrogens with one attached hydrogen (secondary N) is 2. The van der Waals surface area contributed by atoms with E-state index < -0.39 is 0 Å². The molecule has 1 aliphatic carbocycles. The number of hydrogen-bond donors (Lipinski definition) is 2. The van der Waals surface area contributed by atoms with E-state index in [9.17, 15) is 9.59 Å². The zero-order valence-electron chi connectivity index (χ0n) is 12.7. The molecule has 2 heterocycles. The molecule has 2 N–H and O–H groups in total. The number of aryl methyl sites for hydroxylation is 1. The van der Waals surface area contributed by atoms with E-state index in [4.69, 9.17) is 4.74 Å². The van der Waals surface area contributed by atoms with E-state index in [2.05, 4.69) is 15.3 Å². The first-order chi connectivity index (χ1) is 10.6. The van der Waals surface area contributed by atoms with Gasteiger partial charge in [0.1, 0.15) is 11.2 Å². The fourth-order valence-corrected chi connectivity index (χ4v) is 2.69. The summed E-state index contributed by atoms with van der Waals surface area (Å²) in [6.45, 7) is 4.49. The topological polar surface area (TPSA) is 84.1 Å². The number of nitrogens with zero attached hydrogens (tertiary/aromatic N) is 1. The van der Waals surface area contributed by atoms with Gasteiger partial charge in [0.25, 0.3) is 5.91 Å². The summed E-state index contributed by atoms with van der Waals surface area (Å²) in [5.74, 6) is -0.344. The number of H-pyrrole nitrogens is 1. The largest absolute Gasteiger partial charge is 0.378 e. The number of aromatic nitrogens is 2. The molecule has 1 fully saturated rings. The number of pyridine rings is 2. The molecule has 0 unspecified atom stereocenters. The van der Waals surface area contributed by atoms with E-state index in [1.807, 2.05) is 13.8 Å². The summed E-state index contributed by atoms with van der Waals surface area (Å²) in [4.78, 5) is 31.8. The van der Waals surface area contributed by atoms with Crippen molar-refractivity contribution < 1.29 is 9.53 Å². The maximum Gasteiger partial charge on any atom is 0.256 e. The van der Waals surface area contributed by atoms with Gasteiger partial charge in [-0.2, -0.15) is 0 Å². The van der Waals surface area contributed by atoms with Crippen LogP contribution >= 0.6 is 0 Å². The van der Waals surface area contributed by atoms with Gasteiger partial charge in [-0.25, -0.2) is 4.98 Å². The van der Waals surface area contributed by atoms with Gasteiger partial charge in [0, 0.05) is 24.5 Å². The summed E-state index contributed by atoms with van der Waals surface area (Å²) in [6.07, 6.45) is 3.25. The first-order valence-electron chi connectivity index (χ1n) is 7.50. The van der Waals surface area contributed by atoms with Crippen molar-refractivity contribution in [1.82, 2.24) is 15.3 Å². The van der Waals surface area contributed by atoms with Gasteiger partial charge in [-0.3, -0.25) is 9.59 Å². The summed E-state index contributed by atoms with van der Waals surface area (Å²) < 4.78 is 5.46. The lowest BCUT2D eigenvalue weighted by Crippen LogP contribution is -2.48. The molecule has 0 bridgehead atoms. The Balaban J connectivity index is 1.76. The third kappa shape index (κ3) is 2.74. The summed E-state index contributed by atoms with van der Waals surface area (Å²) in [5, 5.41) is 3.31. The average Bonchev–Trinajstić information content (AvgIpc) is 2.45. The van der Waals surface area contributed by atoms with Gasteiger partial charge in [0.2, 0.25) is 5.43 Å². The van der Waals surface area contributed by atoms with Crippen LogP contribution in [0.3, 0.4) is 0 Å². The molecular weight excluding hydrogens is 282 g/mol. The minimum Gasteiger partial charge on any atom is -0.378 e. The van der Waals surface area contributed by atoms with E-state index in [1.165, 1.54) is 6.20 Å². The van der Waals surface area contributed by atoms with Crippen LogP contribution in [-0.4, -0.2) is 34.6 Å². The van der Waals surface area contributed by atoms with Crippen molar-refractivity contribution in [1.29, 1.82) is 0 Å². The SMILES string of the molecule is CCOC1CC(NC(=O)c2c[nH]c3nc(C)ccc3c2=O)C1. The molecule has 116 valence electrons. The van der Waals surface area contributed by atoms with Crippen LogP contribution in [-0.2, 0) is 4.74 Å². The Morgan fingerprint density at radius 1 is 1.45 bits per heavy atom. The lowest BCUT2D eigenvalue weighted by Gasteiger charge is -2.35. The molecule has 0 saturated heterocycles. The first-order valence-corrected chi connectivity index (χ1v) is 7.50. The second-order valence-electron chi connectivity index (χ2n) is 5.60. The maximum atomic E-state index is 12.4. The van der Waals surface area contributed by atoms with Gasteiger partial charge in [0.15, 0.2) is 0 Å². The van der Waals surface area contributed by atoms with Gasteiger partial charge >= 0.3 is 0 Å². The van der Waals surface area contributed by atoms with Crippen molar-refractivity contribution >= 4 is 16.9 Å². The van der Waals surface area contributed by atoms with Crippen LogP contribution in [0.5, 0.6) is 0 Å². The number of ether oxygens (including phenoxy) is 1. The van der Waals surface area contributed by atoms with Crippen LogP contribution in [0.2, 0.25) is 0 Å². The van der Waals surface area contributed by atoms with Crippen LogP contribution in [0.4, 0.5) is 0 Å². The fraction of sp³-hybridized carbons (Fsp3) is 0.438. The molecule has 1 saturated carbocycles. The van der Waals surface area contributed by atoms with Gasteiger partial charge in [0.05, 0.1) is 11.5 Å². The van der Waals surface area contributed by atoms with Crippen molar-refractivity contribution in [2.24, 2.45) is 0 Å². The van der Waals surface area contributed by atoms with Crippen LogP contribution in [0, 0.1) is 6.92 Å².